The van der Waals surface area contributed by atoms with E-state index in [9.17, 15) is 0 Å². The van der Waals surface area contributed by atoms with E-state index in [1.54, 1.807) is 12.5 Å². The fourth-order valence-corrected chi connectivity index (χ4v) is 1.62. The van der Waals surface area contributed by atoms with Crippen molar-refractivity contribution < 1.29 is 4.42 Å². The first-order chi connectivity index (χ1) is 7.22. The molecule has 78 valence electrons. The molecule has 0 saturated carbocycles. The Bertz CT molecular complexity index is 468. The monoisotopic (exact) mass is 267 g/mol. The van der Waals surface area contributed by atoms with Crippen LogP contribution in [0.4, 0.5) is 5.82 Å². The van der Waals surface area contributed by atoms with Crippen molar-refractivity contribution in [3.05, 3.63) is 28.8 Å². The first-order valence-corrected chi connectivity index (χ1v) is 5.26. The second-order valence-electron chi connectivity index (χ2n) is 3.06. The normalized spacial score (nSPS) is 10.3. The van der Waals surface area contributed by atoms with E-state index in [4.69, 9.17) is 4.42 Å². The maximum Gasteiger partial charge on any atom is 0.165 e. The van der Waals surface area contributed by atoms with Gasteiger partial charge in [0.1, 0.15) is 12.1 Å². The van der Waals surface area contributed by atoms with Gasteiger partial charge in [0.2, 0.25) is 0 Å². The van der Waals surface area contributed by atoms with Crippen molar-refractivity contribution in [1.29, 1.82) is 0 Å². The molecule has 2 aromatic heterocycles. The van der Waals surface area contributed by atoms with Crippen LogP contribution in [0, 0.1) is 6.92 Å². The van der Waals surface area contributed by atoms with Crippen molar-refractivity contribution in [2.45, 2.75) is 6.92 Å². The highest BCUT2D eigenvalue weighted by molar-refractivity contribution is 9.10. The molecule has 2 rings (SSSR count). The molecule has 0 aliphatic rings. The lowest BCUT2D eigenvalue weighted by atomic mass is 10.3. The summed E-state index contributed by atoms with van der Waals surface area (Å²) in [5.74, 6) is 1.44. The van der Waals surface area contributed by atoms with Gasteiger partial charge in [0.25, 0.3) is 0 Å². The summed E-state index contributed by atoms with van der Waals surface area (Å²) in [6, 6.07) is 1.84. The van der Waals surface area contributed by atoms with E-state index in [-0.39, 0.29) is 0 Å². The summed E-state index contributed by atoms with van der Waals surface area (Å²) in [6.45, 7) is 1.93. The number of hydrogen-bond donors (Lipinski definition) is 1. The summed E-state index contributed by atoms with van der Waals surface area (Å²) >= 11 is 3.43. The molecule has 1 N–H and O–H groups in total. The Morgan fingerprint density at radius 2 is 2.20 bits per heavy atom. The Morgan fingerprint density at radius 1 is 1.40 bits per heavy atom. The van der Waals surface area contributed by atoms with Gasteiger partial charge >= 0.3 is 0 Å². The van der Waals surface area contributed by atoms with Gasteiger partial charge in [0, 0.05) is 7.05 Å². The quantitative estimate of drug-likeness (QED) is 0.909. The van der Waals surface area contributed by atoms with Crippen LogP contribution in [0.3, 0.4) is 0 Å². The van der Waals surface area contributed by atoms with Crippen LogP contribution in [-0.4, -0.2) is 17.0 Å². The van der Waals surface area contributed by atoms with E-state index in [0.29, 0.717) is 5.82 Å². The van der Waals surface area contributed by atoms with Gasteiger partial charge in [0.15, 0.2) is 5.82 Å². The van der Waals surface area contributed by atoms with Crippen molar-refractivity contribution in [3.63, 3.8) is 0 Å². The summed E-state index contributed by atoms with van der Waals surface area (Å²) in [6.07, 6.45) is 3.23. The summed E-state index contributed by atoms with van der Waals surface area (Å²) in [5.41, 5.74) is 1.77. The van der Waals surface area contributed by atoms with Crippen LogP contribution in [0.5, 0.6) is 0 Å². The molecule has 0 aliphatic heterocycles. The molecular formula is C10H10BrN3O. The maximum absolute atomic E-state index is 5.00. The van der Waals surface area contributed by atoms with Gasteiger partial charge < -0.3 is 9.73 Å². The Hall–Kier alpha value is -1.36. The molecule has 0 bridgehead atoms. The van der Waals surface area contributed by atoms with Gasteiger partial charge in [-0.2, -0.15) is 0 Å². The molecule has 4 nitrogen and oxygen atoms in total. The lowest BCUT2D eigenvalue weighted by Crippen LogP contribution is -2.00. The molecule has 2 heterocycles. The van der Waals surface area contributed by atoms with Gasteiger partial charge in [-0.1, -0.05) is 0 Å². The molecule has 0 aromatic carbocycles. The third-order valence-corrected chi connectivity index (χ3v) is 2.98. The number of aromatic nitrogens is 2. The zero-order chi connectivity index (χ0) is 10.8. The Labute approximate surface area is 95.9 Å². The fourth-order valence-electron chi connectivity index (χ4n) is 1.25. The molecule has 0 saturated heterocycles. The molecule has 0 atom stereocenters. The number of halogens is 1. The minimum absolute atomic E-state index is 0.661. The van der Waals surface area contributed by atoms with Gasteiger partial charge in [0.05, 0.1) is 22.0 Å². The number of rotatable bonds is 2. The van der Waals surface area contributed by atoms with Crippen LogP contribution in [-0.2, 0) is 0 Å². The zero-order valence-corrected chi connectivity index (χ0v) is 10.00. The third-order valence-electron chi connectivity index (χ3n) is 2.03. The smallest absolute Gasteiger partial charge is 0.165 e. The number of hydrogen-bond acceptors (Lipinski definition) is 4. The third kappa shape index (κ3) is 1.87. The van der Waals surface area contributed by atoms with Crippen LogP contribution in [0.15, 0.2) is 27.5 Å². The van der Waals surface area contributed by atoms with E-state index in [1.165, 1.54) is 0 Å². The minimum Gasteiger partial charge on any atom is -0.472 e. The van der Waals surface area contributed by atoms with Crippen LogP contribution >= 0.6 is 15.9 Å². The molecule has 0 unspecified atom stereocenters. The average molecular weight is 268 g/mol. The number of aryl methyl sites for hydroxylation is 1. The van der Waals surface area contributed by atoms with E-state index in [2.05, 4.69) is 31.2 Å². The highest BCUT2D eigenvalue weighted by atomic mass is 79.9. The average Bonchev–Trinajstić information content (AvgIpc) is 2.75. The van der Waals surface area contributed by atoms with Crippen molar-refractivity contribution in [2.24, 2.45) is 0 Å². The maximum atomic E-state index is 5.00. The molecule has 5 heteroatoms. The van der Waals surface area contributed by atoms with Crippen molar-refractivity contribution in [3.8, 4) is 11.4 Å². The van der Waals surface area contributed by atoms with Crippen LogP contribution in [0.2, 0.25) is 0 Å². The summed E-state index contributed by atoms with van der Waals surface area (Å²) in [7, 11) is 1.83. The second kappa shape index (κ2) is 4.02. The summed E-state index contributed by atoms with van der Waals surface area (Å²) < 4.78 is 5.89. The Morgan fingerprint density at radius 3 is 2.80 bits per heavy atom. The van der Waals surface area contributed by atoms with Crippen molar-refractivity contribution >= 4 is 21.7 Å². The Kier molecular flexibility index (Phi) is 2.73. The lowest BCUT2D eigenvalue weighted by molar-refractivity contribution is 0.568. The topological polar surface area (TPSA) is 51.0 Å². The lowest BCUT2D eigenvalue weighted by Gasteiger charge is -2.06. The second-order valence-corrected chi connectivity index (χ2v) is 3.85. The molecule has 0 aliphatic carbocycles. The zero-order valence-electron chi connectivity index (χ0n) is 8.41. The summed E-state index contributed by atoms with van der Waals surface area (Å²) in [5, 5.41) is 3.01. The SMILES string of the molecule is CNc1nc(-c2ccoc2)nc(C)c1Br. The van der Waals surface area contributed by atoms with Crippen LogP contribution in [0.25, 0.3) is 11.4 Å². The fraction of sp³-hybridized carbons (Fsp3) is 0.200. The first kappa shape index (κ1) is 10.2. The molecule has 15 heavy (non-hydrogen) atoms. The van der Waals surface area contributed by atoms with Crippen molar-refractivity contribution in [1.82, 2.24) is 9.97 Å². The highest BCUT2D eigenvalue weighted by Gasteiger charge is 2.10. The Balaban J connectivity index is 2.55. The van der Waals surface area contributed by atoms with Crippen LogP contribution < -0.4 is 5.32 Å². The summed E-state index contributed by atoms with van der Waals surface area (Å²) in [4.78, 5) is 8.73. The van der Waals surface area contributed by atoms with Crippen molar-refractivity contribution in [2.75, 3.05) is 12.4 Å². The predicted octanol–water partition coefficient (Wildman–Crippen LogP) is 2.85. The van der Waals surface area contributed by atoms with Gasteiger partial charge in [-0.25, -0.2) is 9.97 Å². The largest absolute Gasteiger partial charge is 0.472 e. The number of nitrogens with zero attached hydrogens (tertiary/aromatic N) is 2. The predicted molar refractivity (Wildman–Crippen MR) is 61.7 cm³/mol. The molecule has 2 aromatic rings. The van der Waals surface area contributed by atoms with E-state index in [1.807, 2.05) is 20.0 Å². The molecule has 0 amide bonds. The highest BCUT2D eigenvalue weighted by Crippen LogP contribution is 2.26. The van der Waals surface area contributed by atoms with E-state index < -0.39 is 0 Å². The van der Waals surface area contributed by atoms with Crippen LogP contribution in [0.1, 0.15) is 5.69 Å². The number of nitrogens with one attached hydrogen (secondary N) is 1. The van der Waals surface area contributed by atoms with Gasteiger partial charge in [-0.05, 0) is 28.9 Å². The van der Waals surface area contributed by atoms with Gasteiger partial charge in [-0.15, -0.1) is 0 Å². The van der Waals surface area contributed by atoms with Gasteiger partial charge in [-0.3, -0.25) is 0 Å². The molecule has 0 spiro atoms. The number of furan rings is 1. The molecule has 0 radical (unpaired) electrons. The number of anilines is 1. The minimum atomic E-state index is 0.661. The molecule has 0 fully saturated rings. The molecular weight excluding hydrogens is 258 g/mol. The van der Waals surface area contributed by atoms with E-state index in [0.717, 1.165) is 21.5 Å². The standard InChI is InChI=1S/C10H10BrN3O/c1-6-8(11)10(12-2)14-9(13-6)7-3-4-15-5-7/h3-5H,1-2H3,(H,12,13,14). The van der Waals surface area contributed by atoms with E-state index >= 15 is 0 Å². The first-order valence-electron chi connectivity index (χ1n) is 4.47.